The van der Waals surface area contributed by atoms with Crippen LogP contribution >= 0.6 is 0 Å². The monoisotopic (exact) mass is 208 g/mol. The van der Waals surface area contributed by atoms with Crippen molar-refractivity contribution in [2.45, 2.75) is 0 Å². The van der Waals surface area contributed by atoms with Crippen LogP contribution in [0.1, 0.15) is 11.1 Å². The quantitative estimate of drug-likeness (QED) is 0.710. The van der Waals surface area contributed by atoms with Crippen LogP contribution in [-0.4, -0.2) is 12.6 Å². The average molecular weight is 208 g/mol. The van der Waals surface area contributed by atoms with Gasteiger partial charge in [0, 0.05) is 11.1 Å². The molecule has 0 aliphatic heterocycles. The lowest BCUT2D eigenvalue weighted by molar-refractivity contribution is -0.104. The van der Waals surface area contributed by atoms with Gasteiger partial charge in [-0.15, -0.1) is 0 Å². The number of carbonyl (C=O) groups is 2. The first-order valence-corrected chi connectivity index (χ1v) is 5.04. The van der Waals surface area contributed by atoms with E-state index in [2.05, 4.69) is 0 Å². The van der Waals surface area contributed by atoms with E-state index in [0.717, 1.165) is 34.5 Å². The molecule has 1 aliphatic carbocycles. The Balaban J connectivity index is 2.54. The number of hydrogen-bond donors (Lipinski definition) is 0. The lowest BCUT2D eigenvalue weighted by Gasteiger charge is -2.01. The van der Waals surface area contributed by atoms with Crippen LogP contribution < -0.4 is 0 Å². The molecule has 0 heterocycles. The molecule has 0 fully saturated rings. The van der Waals surface area contributed by atoms with Crippen molar-refractivity contribution >= 4 is 34.5 Å². The number of allylic oxidation sites excluding steroid dienone is 2. The molecule has 0 radical (unpaired) electrons. The van der Waals surface area contributed by atoms with Crippen molar-refractivity contribution in [1.82, 2.24) is 0 Å². The van der Waals surface area contributed by atoms with Gasteiger partial charge >= 0.3 is 0 Å². The largest absolute Gasteiger partial charge is 0.298 e. The molecule has 0 N–H and O–H groups in total. The minimum absolute atomic E-state index is 0.502. The smallest absolute Gasteiger partial charge is 0.151 e. The fourth-order valence-corrected chi connectivity index (χ4v) is 2.33. The van der Waals surface area contributed by atoms with Gasteiger partial charge in [0.1, 0.15) is 0 Å². The Bertz CT molecular complexity index is 598. The number of hydrogen-bond acceptors (Lipinski definition) is 2. The predicted molar refractivity (Wildman–Crippen MR) is 62.9 cm³/mol. The molecule has 0 unspecified atom stereocenters. The molecular formula is C14H8O2. The molecule has 0 saturated carbocycles. The molecule has 16 heavy (non-hydrogen) atoms. The van der Waals surface area contributed by atoms with Crippen molar-refractivity contribution in [3.8, 4) is 0 Å². The molecule has 2 aromatic rings. The van der Waals surface area contributed by atoms with Gasteiger partial charge in [-0.3, -0.25) is 9.59 Å². The van der Waals surface area contributed by atoms with Crippen molar-refractivity contribution < 1.29 is 9.59 Å². The second kappa shape index (κ2) is 3.14. The van der Waals surface area contributed by atoms with Gasteiger partial charge in [-0.1, -0.05) is 36.4 Å². The first-order valence-electron chi connectivity index (χ1n) is 5.04. The Hall–Kier alpha value is -2.22. The summed E-state index contributed by atoms with van der Waals surface area (Å²) < 4.78 is 0. The fraction of sp³-hybridized carbons (Fsp3) is 0. The van der Waals surface area contributed by atoms with Crippen molar-refractivity contribution in [3.63, 3.8) is 0 Å². The van der Waals surface area contributed by atoms with E-state index in [-0.39, 0.29) is 0 Å². The standard InChI is InChI=1S/C14H8O2/c15-7-12-10-5-1-3-9-4-2-6-11(14(9)10)13(12)8-16/h1-8H. The number of benzene rings is 2. The summed E-state index contributed by atoms with van der Waals surface area (Å²) in [7, 11) is 0. The topological polar surface area (TPSA) is 34.1 Å². The molecule has 2 aromatic carbocycles. The molecule has 3 rings (SSSR count). The highest BCUT2D eigenvalue weighted by Crippen LogP contribution is 2.39. The molecule has 0 amide bonds. The summed E-state index contributed by atoms with van der Waals surface area (Å²) in [6.45, 7) is 0. The van der Waals surface area contributed by atoms with Crippen molar-refractivity contribution in [3.05, 3.63) is 47.5 Å². The maximum absolute atomic E-state index is 11.1. The Morgan fingerprint density at radius 1 is 0.750 bits per heavy atom. The first kappa shape index (κ1) is 9.04. The van der Waals surface area contributed by atoms with Gasteiger partial charge in [0.05, 0.1) is 0 Å². The summed E-state index contributed by atoms with van der Waals surface area (Å²) in [5, 5.41) is 2.07. The third-order valence-corrected chi connectivity index (χ3v) is 3.01. The second-order valence-corrected chi connectivity index (χ2v) is 3.77. The normalized spacial score (nSPS) is 13.2. The van der Waals surface area contributed by atoms with Crippen molar-refractivity contribution in [2.24, 2.45) is 0 Å². The maximum atomic E-state index is 11.1. The summed E-state index contributed by atoms with van der Waals surface area (Å²) in [6.07, 6.45) is 1.52. The van der Waals surface area contributed by atoms with Gasteiger partial charge in [-0.05, 0) is 21.9 Å². The Labute approximate surface area is 92.2 Å². The lowest BCUT2D eigenvalue weighted by Crippen LogP contribution is -1.85. The molecule has 2 nitrogen and oxygen atoms in total. The highest BCUT2D eigenvalue weighted by Gasteiger charge is 2.22. The zero-order valence-corrected chi connectivity index (χ0v) is 8.44. The van der Waals surface area contributed by atoms with Gasteiger partial charge in [0.2, 0.25) is 0 Å². The molecule has 0 aromatic heterocycles. The molecule has 76 valence electrons. The molecule has 0 atom stereocenters. The minimum atomic E-state index is 0.502. The van der Waals surface area contributed by atoms with E-state index in [4.69, 9.17) is 0 Å². The fourth-order valence-electron chi connectivity index (χ4n) is 2.33. The Kier molecular flexibility index (Phi) is 1.77. The van der Waals surface area contributed by atoms with Crippen LogP contribution in [0.15, 0.2) is 36.4 Å². The van der Waals surface area contributed by atoms with E-state index >= 15 is 0 Å². The molecule has 2 heteroatoms. The molecule has 0 bridgehead atoms. The average Bonchev–Trinajstić information content (AvgIpc) is 2.65. The van der Waals surface area contributed by atoms with E-state index in [0.29, 0.717) is 11.1 Å². The summed E-state index contributed by atoms with van der Waals surface area (Å²) in [5.41, 5.74) is 2.74. The van der Waals surface area contributed by atoms with Crippen LogP contribution in [0.4, 0.5) is 0 Å². The van der Waals surface area contributed by atoms with E-state index in [9.17, 15) is 9.59 Å². The van der Waals surface area contributed by atoms with Crippen LogP contribution in [0.25, 0.3) is 21.9 Å². The zero-order valence-electron chi connectivity index (χ0n) is 8.44. The predicted octanol–water partition coefficient (Wildman–Crippen LogP) is 2.46. The van der Waals surface area contributed by atoms with Crippen LogP contribution in [0.2, 0.25) is 0 Å². The van der Waals surface area contributed by atoms with Crippen molar-refractivity contribution in [2.75, 3.05) is 0 Å². The number of rotatable bonds is 2. The zero-order chi connectivity index (χ0) is 11.1. The van der Waals surface area contributed by atoms with Crippen LogP contribution in [-0.2, 0) is 9.59 Å². The highest BCUT2D eigenvalue weighted by molar-refractivity contribution is 6.37. The molecular weight excluding hydrogens is 200 g/mol. The van der Waals surface area contributed by atoms with Gasteiger partial charge in [-0.2, -0.15) is 0 Å². The Morgan fingerprint density at radius 2 is 1.25 bits per heavy atom. The van der Waals surface area contributed by atoms with E-state index in [1.165, 1.54) is 0 Å². The lowest BCUT2D eigenvalue weighted by atomic mass is 10.0. The third kappa shape index (κ3) is 0.959. The summed E-state index contributed by atoms with van der Waals surface area (Å²) >= 11 is 0. The summed E-state index contributed by atoms with van der Waals surface area (Å²) in [6, 6.07) is 11.5. The van der Waals surface area contributed by atoms with E-state index < -0.39 is 0 Å². The van der Waals surface area contributed by atoms with Gasteiger partial charge in [-0.25, -0.2) is 0 Å². The van der Waals surface area contributed by atoms with Crippen molar-refractivity contribution in [1.29, 1.82) is 0 Å². The molecule has 0 saturated heterocycles. The van der Waals surface area contributed by atoms with Crippen LogP contribution in [0.5, 0.6) is 0 Å². The summed E-state index contributed by atoms with van der Waals surface area (Å²) in [4.78, 5) is 22.1. The number of aldehydes is 2. The Morgan fingerprint density at radius 3 is 1.69 bits per heavy atom. The minimum Gasteiger partial charge on any atom is -0.298 e. The number of carbonyl (C=O) groups excluding carboxylic acids is 2. The van der Waals surface area contributed by atoms with E-state index in [1.807, 2.05) is 36.4 Å². The van der Waals surface area contributed by atoms with Gasteiger partial charge in [0.25, 0.3) is 0 Å². The second-order valence-electron chi connectivity index (χ2n) is 3.77. The van der Waals surface area contributed by atoms with E-state index in [1.54, 1.807) is 0 Å². The highest BCUT2D eigenvalue weighted by atomic mass is 16.1. The van der Waals surface area contributed by atoms with Gasteiger partial charge in [0.15, 0.2) is 12.6 Å². The molecule has 1 aliphatic rings. The van der Waals surface area contributed by atoms with Crippen LogP contribution in [0.3, 0.4) is 0 Å². The maximum Gasteiger partial charge on any atom is 0.151 e. The third-order valence-electron chi connectivity index (χ3n) is 3.01. The molecule has 0 spiro atoms. The summed E-state index contributed by atoms with van der Waals surface area (Å²) in [5.74, 6) is 0. The van der Waals surface area contributed by atoms with Crippen LogP contribution in [0, 0.1) is 0 Å². The van der Waals surface area contributed by atoms with Gasteiger partial charge < -0.3 is 0 Å². The SMILES string of the molecule is O=CC1=C(C=O)c2cccc3cccc1c23. The first-order chi connectivity index (χ1) is 7.86.